The predicted octanol–water partition coefficient (Wildman–Crippen LogP) is 2.51. The number of rotatable bonds is 8. The van der Waals surface area contributed by atoms with Crippen LogP contribution in [0.5, 0.6) is 5.75 Å². The van der Waals surface area contributed by atoms with Gasteiger partial charge in [0.2, 0.25) is 5.91 Å². The molecule has 34 heavy (non-hydrogen) atoms. The van der Waals surface area contributed by atoms with Gasteiger partial charge in [0.25, 0.3) is 11.8 Å². The van der Waals surface area contributed by atoms with Gasteiger partial charge in [-0.2, -0.15) is 5.10 Å². The van der Waals surface area contributed by atoms with E-state index in [2.05, 4.69) is 15.7 Å². The van der Waals surface area contributed by atoms with Crippen LogP contribution in [-0.4, -0.2) is 57.6 Å². The summed E-state index contributed by atoms with van der Waals surface area (Å²) >= 11 is 0. The highest BCUT2D eigenvalue weighted by Gasteiger charge is 2.48. The predicted molar refractivity (Wildman–Crippen MR) is 127 cm³/mol. The Kier molecular flexibility index (Phi) is 6.90. The van der Waals surface area contributed by atoms with Crippen LogP contribution in [0, 0.1) is 0 Å². The van der Waals surface area contributed by atoms with Gasteiger partial charge in [-0.3, -0.25) is 19.1 Å². The number of carbonyl (C=O) groups is 3. The Labute approximate surface area is 199 Å². The van der Waals surface area contributed by atoms with E-state index in [1.807, 2.05) is 31.2 Å². The van der Waals surface area contributed by atoms with E-state index in [0.29, 0.717) is 24.5 Å². The molecule has 0 radical (unpaired) electrons. The minimum Gasteiger partial charge on any atom is -0.497 e. The molecule has 1 aromatic carbocycles. The molecule has 3 amide bonds. The SMILES string of the molecule is CCCN1C(=O)c2cc(C(=O)NCc3cccc(OC)c3)nn2C[C@]1(C)C(=O)NC1CCCC1. The van der Waals surface area contributed by atoms with E-state index < -0.39 is 5.54 Å². The topological polar surface area (TPSA) is 106 Å². The number of hydrogen-bond acceptors (Lipinski definition) is 5. The van der Waals surface area contributed by atoms with Gasteiger partial charge in [0.1, 0.15) is 17.0 Å². The van der Waals surface area contributed by atoms with Gasteiger partial charge in [-0.1, -0.05) is 31.9 Å². The van der Waals surface area contributed by atoms with Gasteiger partial charge in [-0.25, -0.2) is 0 Å². The molecular weight excluding hydrogens is 434 g/mol. The van der Waals surface area contributed by atoms with E-state index in [1.165, 1.54) is 10.7 Å². The molecule has 1 aliphatic carbocycles. The van der Waals surface area contributed by atoms with Gasteiger partial charge >= 0.3 is 0 Å². The summed E-state index contributed by atoms with van der Waals surface area (Å²) in [5, 5.41) is 10.4. The molecule has 4 rings (SSSR count). The Balaban J connectivity index is 1.52. The van der Waals surface area contributed by atoms with Crippen molar-refractivity contribution in [2.24, 2.45) is 0 Å². The first kappa shape index (κ1) is 23.8. The molecule has 1 atom stereocenters. The number of nitrogens with one attached hydrogen (secondary N) is 2. The largest absolute Gasteiger partial charge is 0.497 e. The van der Waals surface area contributed by atoms with Crippen molar-refractivity contribution in [1.29, 1.82) is 0 Å². The van der Waals surface area contributed by atoms with Crippen molar-refractivity contribution in [3.05, 3.63) is 47.3 Å². The Hall–Kier alpha value is -3.36. The van der Waals surface area contributed by atoms with E-state index in [9.17, 15) is 14.4 Å². The molecule has 2 aromatic rings. The monoisotopic (exact) mass is 467 g/mol. The standard InChI is InChI=1S/C25H33N5O4/c1-4-12-29-23(32)21-14-20(22(31)26-15-17-8-7-11-19(13-17)34-3)28-30(21)16-25(29,2)24(33)27-18-9-5-6-10-18/h7-8,11,13-14,18H,4-6,9-10,12,15-16H2,1-3H3,(H,26,31)(H,27,33)/t25-/m1/s1. The molecule has 0 bridgehead atoms. The van der Waals surface area contributed by atoms with Crippen LogP contribution in [0.4, 0.5) is 0 Å². The highest BCUT2D eigenvalue weighted by atomic mass is 16.5. The number of benzene rings is 1. The molecule has 0 spiro atoms. The maximum absolute atomic E-state index is 13.4. The summed E-state index contributed by atoms with van der Waals surface area (Å²) in [5.74, 6) is -0.111. The maximum atomic E-state index is 13.4. The van der Waals surface area contributed by atoms with E-state index >= 15 is 0 Å². The van der Waals surface area contributed by atoms with Gasteiger partial charge in [0.05, 0.1) is 13.7 Å². The van der Waals surface area contributed by atoms with Crippen molar-refractivity contribution >= 4 is 17.7 Å². The Bertz CT molecular complexity index is 1080. The number of aromatic nitrogens is 2. The van der Waals surface area contributed by atoms with Crippen LogP contribution >= 0.6 is 0 Å². The third kappa shape index (κ3) is 4.64. The van der Waals surface area contributed by atoms with Gasteiger partial charge in [-0.15, -0.1) is 0 Å². The van der Waals surface area contributed by atoms with Crippen LogP contribution < -0.4 is 15.4 Å². The van der Waals surface area contributed by atoms with E-state index in [1.54, 1.807) is 18.9 Å². The summed E-state index contributed by atoms with van der Waals surface area (Å²) in [6, 6.07) is 9.09. The molecule has 0 unspecified atom stereocenters. The van der Waals surface area contributed by atoms with Gasteiger partial charge in [0, 0.05) is 25.2 Å². The van der Waals surface area contributed by atoms with Crippen LogP contribution in [0.1, 0.15) is 72.5 Å². The van der Waals surface area contributed by atoms with Crippen molar-refractivity contribution in [3.63, 3.8) is 0 Å². The molecule has 1 aromatic heterocycles. The summed E-state index contributed by atoms with van der Waals surface area (Å²) in [6.07, 6.45) is 4.87. The highest BCUT2D eigenvalue weighted by molar-refractivity contribution is 6.01. The van der Waals surface area contributed by atoms with Crippen LogP contribution in [0.3, 0.4) is 0 Å². The highest BCUT2D eigenvalue weighted by Crippen LogP contribution is 2.29. The van der Waals surface area contributed by atoms with Crippen molar-refractivity contribution in [2.75, 3.05) is 13.7 Å². The molecule has 2 heterocycles. The van der Waals surface area contributed by atoms with Gasteiger partial charge < -0.3 is 20.3 Å². The second kappa shape index (κ2) is 9.87. The summed E-state index contributed by atoms with van der Waals surface area (Å²) < 4.78 is 6.72. The molecule has 1 fully saturated rings. The zero-order chi connectivity index (χ0) is 24.3. The number of methoxy groups -OCH3 is 1. The van der Waals surface area contributed by atoms with E-state index in [-0.39, 0.29) is 36.0 Å². The lowest BCUT2D eigenvalue weighted by atomic mass is 9.94. The zero-order valence-electron chi connectivity index (χ0n) is 20.1. The normalized spacial score (nSPS) is 20.2. The molecule has 1 aliphatic heterocycles. The van der Waals surface area contributed by atoms with Crippen molar-refractivity contribution in [3.8, 4) is 5.75 Å². The first-order chi connectivity index (χ1) is 16.4. The average Bonchev–Trinajstić information content (AvgIpc) is 3.50. The first-order valence-electron chi connectivity index (χ1n) is 12.0. The summed E-state index contributed by atoms with van der Waals surface area (Å²) in [5.41, 5.74) is 0.301. The molecule has 9 nitrogen and oxygen atoms in total. The summed E-state index contributed by atoms with van der Waals surface area (Å²) in [6.45, 7) is 4.73. The second-order valence-corrected chi connectivity index (χ2v) is 9.29. The van der Waals surface area contributed by atoms with Gasteiger partial charge in [-0.05, 0) is 43.9 Å². The number of hydrogen-bond donors (Lipinski definition) is 2. The quantitative estimate of drug-likeness (QED) is 0.621. The summed E-state index contributed by atoms with van der Waals surface area (Å²) in [4.78, 5) is 41.2. The third-order valence-electron chi connectivity index (χ3n) is 6.74. The Morgan fingerprint density at radius 1 is 1.24 bits per heavy atom. The number of ether oxygens (including phenoxy) is 1. The second-order valence-electron chi connectivity index (χ2n) is 9.29. The number of carbonyl (C=O) groups excluding carboxylic acids is 3. The van der Waals surface area contributed by atoms with Crippen LogP contribution in [0.15, 0.2) is 30.3 Å². The Morgan fingerprint density at radius 3 is 2.71 bits per heavy atom. The van der Waals surface area contributed by atoms with Gasteiger partial charge in [0.15, 0.2) is 5.69 Å². The smallest absolute Gasteiger partial charge is 0.273 e. The minimum atomic E-state index is -1.07. The average molecular weight is 468 g/mol. The maximum Gasteiger partial charge on any atom is 0.273 e. The fourth-order valence-corrected chi connectivity index (χ4v) is 4.79. The Morgan fingerprint density at radius 2 is 2.00 bits per heavy atom. The number of amides is 3. The summed E-state index contributed by atoms with van der Waals surface area (Å²) in [7, 11) is 1.59. The molecule has 1 saturated carbocycles. The number of fused-ring (bicyclic) bond motifs is 1. The van der Waals surface area contributed by atoms with Crippen molar-refractivity contribution in [1.82, 2.24) is 25.3 Å². The van der Waals surface area contributed by atoms with Crippen LogP contribution in [-0.2, 0) is 17.9 Å². The lowest BCUT2D eigenvalue weighted by Crippen LogP contribution is -2.65. The molecule has 9 heteroatoms. The van der Waals surface area contributed by atoms with Crippen molar-refractivity contribution < 1.29 is 19.1 Å². The molecule has 2 aliphatic rings. The lowest BCUT2D eigenvalue weighted by Gasteiger charge is -2.43. The molecule has 2 N–H and O–H groups in total. The molecule has 0 saturated heterocycles. The molecule has 182 valence electrons. The number of nitrogens with zero attached hydrogens (tertiary/aromatic N) is 3. The van der Waals surface area contributed by atoms with E-state index in [4.69, 9.17) is 4.74 Å². The van der Waals surface area contributed by atoms with Crippen LogP contribution in [0.25, 0.3) is 0 Å². The minimum absolute atomic E-state index is 0.153. The first-order valence-corrected chi connectivity index (χ1v) is 12.0. The van der Waals surface area contributed by atoms with Crippen LogP contribution in [0.2, 0.25) is 0 Å². The lowest BCUT2D eigenvalue weighted by molar-refractivity contribution is -0.133. The molecular formula is C25H33N5O4. The van der Waals surface area contributed by atoms with E-state index in [0.717, 1.165) is 37.7 Å². The fourth-order valence-electron chi connectivity index (χ4n) is 4.79. The van der Waals surface area contributed by atoms with Crippen molar-refractivity contribution in [2.45, 2.75) is 70.6 Å². The third-order valence-corrected chi connectivity index (χ3v) is 6.74. The zero-order valence-corrected chi connectivity index (χ0v) is 20.1. The fraction of sp³-hybridized carbons (Fsp3) is 0.520.